The summed E-state index contributed by atoms with van der Waals surface area (Å²) in [5, 5.41) is 21.4. The summed E-state index contributed by atoms with van der Waals surface area (Å²) in [5.74, 6) is -0.505. The molecule has 2 rings (SSSR count). The first kappa shape index (κ1) is 11.8. The van der Waals surface area contributed by atoms with Gasteiger partial charge in [0.1, 0.15) is 0 Å². The van der Waals surface area contributed by atoms with Crippen molar-refractivity contribution >= 4 is 13.0 Å². The summed E-state index contributed by atoms with van der Waals surface area (Å²) >= 11 is 0. The Morgan fingerprint density at radius 2 is 2.25 bits per heavy atom. The summed E-state index contributed by atoms with van der Waals surface area (Å²) in [6.45, 7) is 1.26. The predicted octanol–water partition coefficient (Wildman–Crippen LogP) is -2.32. The van der Waals surface area contributed by atoms with Crippen molar-refractivity contribution < 1.29 is 14.8 Å². The van der Waals surface area contributed by atoms with Gasteiger partial charge in [-0.25, -0.2) is 0 Å². The molecule has 0 saturated carbocycles. The molecule has 0 unspecified atom stereocenters. The van der Waals surface area contributed by atoms with E-state index in [0.717, 1.165) is 6.42 Å². The van der Waals surface area contributed by atoms with Crippen LogP contribution in [0, 0.1) is 0 Å². The zero-order valence-corrected chi connectivity index (χ0v) is 9.17. The van der Waals surface area contributed by atoms with Gasteiger partial charge in [0.15, 0.2) is 0 Å². The van der Waals surface area contributed by atoms with Gasteiger partial charge in [0.2, 0.25) is 5.91 Å². The average molecular weight is 227 g/mol. The van der Waals surface area contributed by atoms with Gasteiger partial charge in [0, 0.05) is 19.1 Å². The van der Waals surface area contributed by atoms with Crippen molar-refractivity contribution in [2.75, 3.05) is 13.1 Å². The second-order valence-electron chi connectivity index (χ2n) is 4.61. The van der Waals surface area contributed by atoms with E-state index in [1.54, 1.807) is 4.90 Å². The zero-order chi connectivity index (χ0) is 11.7. The minimum atomic E-state index is -1.44. The van der Waals surface area contributed by atoms with E-state index in [9.17, 15) is 14.8 Å². The SMILES string of the molecule is N[C@H]1CN[C@H](C(=O)N2CCC[C@H]2B(O)O)C1. The molecule has 0 spiro atoms. The van der Waals surface area contributed by atoms with Crippen molar-refractivity contribution in [3.05, 3.63) is 0 Å². The van der Waals surface area contributed by atoms with Gasteiger partial charge in [-0.1, -0.05) is 0 Å². The molecule has 1 amide bonds. The van der Waals surface area contributed by atoms with Gasteiger partial charge in [-0.15, -0.1) is 0 Å². The van der Waals surface area contributed by atoms with Crippen LogP contribution in [0.2, 0.25) is 0 Å². The number of rotatable bonds is 2. The minimum absolute atomic E-state index is 0.0223. The molecule has 0 aromatic carbocycles. The number of likely N-dealkylation sites (tertiary alicyclic amines) is 1. The maximum absolute atomic E-state index is 12.1. The monoisotopic (exact) mass is 227 g/mol. The van der Waals surface area contributed by atoms with Gasteiger partial charge >= 0.3 is 7.12 Å². The van der Waals surface area contributed by atoms with E-state index in [1.807, 2.05) is 0 Å². The molecule has 16 heavy (non-hydrogen) atoms. The third-order valence-corrected chi connectivity index (χ3v) is 3.39. The van der Waals surface area contributed by atoms with Gasteiger partial charge in [-0.3, -0.25) is 4.79 Å². The number of nitrogens with zero attached hydrogens (tertiary/aromatic N) is 1. The second kappa shape index (κ2) is 4.71. The second-order valence-corrected chi connectivity index (χ2v) is 4.61. The molecule has 0 aromatic rings. The number of nitrogens with two attached hydrogens (primary N) is 1. The smallest absolute Gasteiger partial charge is 0.426 e. The molecule has 5 N–H and O–H groups in total. The lowest BCUT2D eigenvalue weighted by molar-refractivity contribution is -0.133. The molecule has 0 aliphatic carbocycles. The Morgan fingerprint density at radius 1 is 1.50 bits per heavy atom. The molecule has 90 valence electrons. The molecular formula is C9H18BN3O3. The van der Waals surface area contributed by atoms with E-state index in [2.05, 4.69) is 5.32 Å². The van der Waals surface area contributed by atoms with Crippen LogP contribution in [0.15, 0.2) is 0 Å². The highest BCUT2D eigenvalue weighted by atomic mass is 16.4. The third-order valence-electron chi connectivity index (χ3n) is 3.39. The Balaban J connectivity index is 1.98. The van der Waals surface area contributed by atoms with Crippen molar-refractivity contribution in [1.29, 1.82) is 0 Å². The van der Waals surface area contributed by atoms with Gasteiger partial charge < -0.3 is 26.0 Å². The van der Waals surface area contributed by atoms with Crippen molar-refractivity contribution in [2.45, 2.75) is 37.3 Å². The minimum Gasteiger partial charge on any atom is -0.426 e. The van der Waals surface area contributed by atoms with E-state index in [0.29, 0.717) is 25.9 Å². The standard InChI is InChI=1S/C9H18BN3O3/c11-6-4-7(12-5-6)9(14)13-3-1-2-8(13)10(15)16/h6-8,12,15-16H,1-5,11H2/t6-,7+,8+/m1/s1. The fraction of sp³-hybridized carbons (Fsp3) is 0.889. The Kier molecular flexibility index (Phi) is 3.49. The van der Waals surface area contributed by atoms with Crippen LogP contribution < -0.4 is 11.1 Å². The predicted molar refractivity (Wildman–Crippen MR) is 59.3 cm³/mol. The number of hydrogen-bond acceptors (Lipinski definition) is 5. The van der Waals surface area contributed by atoms with Crippen molar-refractivity contribution in [1.82, 2.24) is 10.2 Å². The maximum atomic E-state index is 12.1. The van der Waals surface area contributed by atoms with E-state index in [-0.39, 0.29) is 18.0 Å². The highest BCUT2D eigenvalue weighted by Gasteiger charge is 2.40. The normalized spacial score (nSPS) is 34.4. The number of nitrogens with one attached hydrogen (secondary N) is 1. The summed E-state index contributed by atoms with van der Waals surface area (Å²) in [6.07, 6.45) is 2.11. The molecule has 0 radical (unpaired) electrons. The van der Waals surface area contributed by atoms with Crippen molar-refractivity contribution in [3.63, 3.8) is 0 Å². The number of carbonyl (C=O) groups is 1. The van der Waals surface area contributed by atoms with Crippen LogP contribution in [0.3, 0.4) is 0 Å². The van der Waals surface area contributed by atoms with Crippen LogP contribution in [-0.2, 0) is 4.79 Å². The molecule has 2 aliphatic rings. The lowest BCUT2D eigenvalue weighted by Crippen LogP contribution is -2.51. The highest BCUT2D eigenvalue weighted by Crippen LogP contribution is 2.20. The largest absolute Gasteiger partial charge is 0.475 e. The molecule has 2 heterocycles. The summed E-state index contributed by atoms with van der Waals surface area (Å²) in [6, 6.07) is -0.233. The average Bonchev–Trinajstić information content (AvgIpc) is 2.84. The van der Waals surface area contributed by atoms with Gasteiger partial charge in [-0.2, -0.15) is 0 Å². The Hall–Kier alpha value is -0.625. The molecular weight excluding hydrogens is 209 g/mol. The van der Waals surface area contributed by atoms with Crippen LogP contribution in [-0.4, -0.2) is 59.1 Å². The first-order valence-electron chi connectivity index (χ1n) is 5.75. The van der Waals surface area contributed by atoms with Crippen molar-refractivity contribution in [2.24, 2.45) is 5.73 Å². The molecule has 7 heteroatoms. The summed E-state index contributed by atoms with van der Waals surface area (Å²) in [4.78, 5) is 13.7. The van der Waals surface area contributed by atoms with Gasteiger partial charge in [0.25, 0.3) is 0 Å². The Labute approximate surface area is 94.9 Å². The molecule has 0 bridgehead atoms. The molecule has 3 atom stereocenters. The van der Waals surface area contributed by atoms with Crippen LogP contribution in [0.4, 0.5) is 0 Å². The summed E-state index contributed by atoms with van der Waals surface area (Å²) < 4.78 is 0. The van der Waals surface area contributed by atoms with Crippen LogP contribution in [0.25, 0.3) is 0 Å². The van der Waals surface area contributed by atoms with E-state index < -0.39 is 13.1 Å². The number of amides is 1. The van der Waals surface area contributed by atoms with E-state index in [4.69, 9.17) is 5.73 Å². The first-order chi connectivity index (χ1) is 7.59. The van der Waals surface area contributed by atoms with Crippen LogP contribution in [0.5, 0.6) is 0 Å². The molecule has 6 nitrogen and oxygen atoms in total. The van der Waals surface area contributed by atoms with E-state index in [1.165, 1.54) is 0 Å². The van der Waals surface area contributed by atoms with Gasteiger partial charge in [0.05, 0.1) is 12.0 Å². The lowest BCUT2D eigenvalue weighted by atomic mass is 9.77. The van der Waals surface area contributed by atoms with E-state index >= 15 is 0 Å². The fourth-order valence-corrected chi connectivity index (χ4v) is 2.53. The summed E-state index contributed by atoms with van der Waals surface area (Å²) in [5.41, 5.74) is 5.72. The topological polar surface area (TPSA) is 98.8 Å². The molecule has 2 aliphatic heterocycles. The zero-order valence-electron chi connectivity index (χ0n) is 9.17. The molecule has 0 aromatic heterocycles. The Morgan fingerprint density at radius 3 is 2.81 bits per heavy atom. The fourth-order valence-electron chi connectivity index (χ4n) is 2.53. The quantitative estimate of drug-likeness (QED) is 0.397. The molecule has 2 fully saturated rings. The number of hydrogen-bond donors (Lipinski definition) is 4. The van der Waals surface area contributed by atoms with Gasteiger partial charge in [-0.05, 0) is 19.3 Å². The van der Waals surface area contributed by atoms with Crippen LogP contribution >= 0.6 is 0 Å². The summed E-state index contributed by atoms with van der Waals surface area (Å²) in [7, 11) is -1.44. The first-order valence-corrected chi connectivity index (χ1v) is 5.75. The van der Waals surface area contributed by atoms with Crippen LogP contribution in [0.1, 0.15) is 19.3 Å². The lowest BCUT2D eigenvalue weighted by Gasteiger charge is -2.26. The maximum Gasteiger partial charge on any atom is 0.475 e. The number of carbonyl (C=O) groups excluding carboxylic acids is 1. The highest BCUT2D eigenvalue weighted by molar-refractivity contribution is 6.43. The third kappa shape index (κ3) is 2.22. The molecule has 2 saturated heterocycles. The Bertz CT molecular complexity index is 277. The van der Waals surface area contributed by atoms with Crippen molar-refractivity contribution in [3.8, 4) is 0 Å².